The van der Waals surface area contributed by atoms with Gasteiger partial charge in [-0.25, -0.2) is 0 Å². The summed E-state index contributed by atoms with van der Waals surface area (Å²) in [4.78, 5) is 0. The van der Waals surface area contributed by atoms with E-state index in [4.69, 9.17) is 14.0 Å². The highest BCUT2D eigenvalue weighted by Crippen LogP contribution is 2.65. The van der Waals surface area contributed by atoms with Gasteiger partial charge in [-0.2, -0.15) is 0 Å². The van der Waals surface area contributed by atoms with E-state index in [1.807, 2.05) is 0 Å². The molecule has 1 heterocycles. The van der Waals surface area contributed by atoms with E-state index in [1.165, 1.54) is 6.42 Å². The first kappa shape index (κ1) is 10.1. The van der Waals surface area contributed by atoms with Crippen LogP contribution in [0.15, 0.2) is 0 Å². The smallest absolute Gasteiger partial charge is 0.389 e. The van der Waals surface area contributed by atoms with E-state index in [1.54, 1.807) is 7.11 Å². The van der Waals surface area contributed by atoms with Crippen molar-refractivity contribution >= 4 is 7.32 Å². The van der Waals surface area contributed by atoms with Gasteiger partial charge in [-0.15, -0.1) is 0 Å². The molecule has 0 N–H and O–H groups in total. The third-order valence-corrected chi connectivity index (χ3v) is 5.12. The van der Waals surface area contributed by atoms with Gasteiger partial charge in [0.25, 0.3) is 0 Å². The van der Waals surface area contributed by atoms with Crippen LogP contribution in [0.2, 0.25) is 0 Å². The lowest BCUT2D eigenvalue weighted by Crippen LogP contribution is -2.65. The van der Waals surface area contributed by atoms with E-state index in [-0.39, 0.29) is 11.7 Å². The van der Waals surface area contributed by atoms with E-state index in [2.05, 4.69) is 20.8 Å². The summed E-state index contributed by atoms with van der Waals surface area (Å²) in [7, 11) is 1.19. The quantitative estimate of drug-likeness (QED) is 0.618. The van der Waals surface area contributed by atoms with Crippen LogP contribution in [0.4, 0.5) is 0 Å². The maximum Gasteiger partial charge on any atom is 0.640 e. The predicted octanol–water partition coefficient (Wildman–Crippen LogP) is 1.86. The molecule has 1 aliphatic heterocycles. The molecule has 0 aromatic heterocycles. The monoisotopic (exact) mass is 210 g/mol. The van der Waals surface area contributed by atoms with Crippen molar-refractivity contribution in [2.45, 2.75) is 45.3 Å². The molecule has 15 heavy (non-hydrogen) atoms. The second-order valence-corrected chi connectivity index (χ2v) is 5.99. The Bertz CT molecular complexity index is 294. The molecule has 3 saturated carbocycles. The summed E-state index contributed by atoms with van der Waals surface area (Å²) in [5.74, 6) is 1.42. The van der Waals surface area contributed by atoms with Crippen LogP contribution in [0.25, 0.3) is 0 Å². The highest BCUT2D eigenvalue weighted by Gasteiger charge is 2.68. The number of hydrogen-bond donors (Lipinski definition) is 0. The lowest BCUT2D eigenvalue weighted by Gasteiger charge is -2.64. The largest absolute Gasteiger partial charge is 0.640 e. The Hall–Kier alpha value is -0.0551. The van der Waals surface area contributed by atoms with Gasteiger partial charge in [0, 0.05) is 7.11 Å². The molecule has 84 valence electrons. The Kier molecular flexibility index (Phi) is 1.88. The molecule has 4 rings (SSSR count). The summed E-state index contributed by atoms with van der Waals surface area (Å²) in [6, 6.07) is 0. The summed E-state index contributed by atoms with van der Waals surface area (Å²) < 4.78 is 16.9. The Morgan fingerprint density at radius 2 is 2.00 bits per heavy atom. The molecule has 4 fully saturated rings. The molecule has 0 aromatic carbocycles. The normalized spacial score (nSPS) is 51.2. The predicted molar refractivity (Wildman–Crippen MR) is 57.1 cm³/mol. The molecule has 2 unspecified atom stereocenters. The molecule has 4 heteroatoms. The second-order valence-electron chi connectivity index (χ2n) is 5.99. The summed E-state index contributed by atoms with van der Waals surface area (Å²) in [6.07, 6.45) is 2.65. The first-order valence-electron chi connectivity index (χ1n) is 5.84. The van der Waals surface area contributed by atoms with Crippen LogP contribution in [0.5, 0.6) is 0 Å². The Morgan fingerprint density at radius 3 is 2.60 bits per heavy atom. The van der Waals surface area contributed by atoms with Crippen molar-refractivity contribution in [2.24, 2.45) is 17.3 Å². The molecule has 3 nitrogen and oxygen atoms in total. The highest BCUT2D eigenvalue weighted by atomic mass is 16.8. The second kappa shape index (κ2) is 2.79. The minimum absolute atomic E-state index is 0.126. The molecule has 3 aliphatic carbocycles. The van der Waals surface area contributed by atoms with Crippen molar-refractivity contribution < 1.29 is 14.0 Å². The van der Waals surface area contributed by atoms with Crippen LogP contribution in [-0.4, -0.2) is 26.1 Å². The summed E-state index contributed by atoms with van der Waals surface area (Å²) in [5.41, 5.74) is 0.288. The van der Waals surface area contributed by atoms with Crippen molar-refractivity contribution in [1.82, 2.24) is 0 Å². The third kappa shape index (κ3) is 1.08. The zero-order valence-electron chi connectivity index (χ0n) is 9.95. The van der Waals surface area contributed by atoms with Crippen LogP contribution in [0.1, 0.15) is 33.6 Å². The van der Waals surface area contributed by atoms with Gasteiger partial charge in [0.2, 0.25) is 0 Å². The standard InChI is InChI=1S/C11H19BO3/c1-10(2)7-5-8(10)11(3)9(6-7)14-12(13-4)15-11/h7-9H,5-6H2,1-4H3/t7?,8?,9-,11+/m0/s1. The first-order valence-corrected chi connectivity index (χ1v) is 5.84. The van der Waals surface area contributed by atoms with Gasteiger partial charge >= 0.3 is 7.32 Å². The molecule has 1 saturated heterocycles. The molecule has 0 spiro atoms. The molecular formula is C11H19BO3. The molecule has 4 aliphatic rings. The van der Waals surface area contributed by atoms with E-state index in [0.29, 0.717) is 11.3 Å². The van der Waals surface area contributed by atoms with Gasteiger partial charge in [0.1, 0.15) is 0 Å². The van der Waals surface area contributed by atoms with Gasteiger partial charge in [-0.1, -0.05) is 13.8 Å². The van der Waals surface area contributed by atoms with Gasteiger partial charge < -0.3 is 14.0 Å². The Morgan fingerprint density at radius 1 is 1.27 bits per heavy atom. The molecule has 0 radical (unpaired) electrons. The minimum Gasteiger partial charge on any atom is -0.389 e. The van der Waals surface area contributed by atoms with E-state index in [0.717, 1.165) is 12.3 Å². The lowest BCUT2D eigenvalue weighted by molar-refractivity contribution is -0.199. The van der Waals surface area contributed by atoms with Crippen molar-refractivity contribution in [1.29, 1.82) is 0 Å². The molecule has 2 bridgehead atoms. The van der Waals surface area contributed by atoms with Crippen molar-refractivity contribution in [3.8, 4) is 0 Å². The van der Waals surface area contributed by atoms with Crippen LogP contribution < -0.4 is 0 Å². The average Bonchev–Trinajstić information content (AvgIpc) is 2.53. The summed E-state index contributed by atoms with van der Waals surface area (Å²) >= 11 is 0. The molecule has 0 amide bonds. The van der Waals surface area contributed by atoms with Gasteiger partial charge in [-0.3, -0.25) is 0 Å². The van der Waals surface area contributed by atoms with Gasteiger partial charge in [0.15, 0.2) is 0 Å². The zero-order valence-corrected chi connectivity index (χ0v) is 9.95. The maximum atomic E-state index is 5.94. The van der Waals surface area contributed by atoms with Crippen molar-refractivity contribution in [3.05, 3.63) is 0 Å². The molecular weight excluding hydrogens is 191 g/mol. The Labute approximate surface area is 91.6 Å². The van der Waals surface area contributed by atoms with Gasteiger partial charge in [-0.05, 0) is 37.0 Å². The summed E-state index contributed by atoms with van der Waals surface area (Å²) in [5, 5.41) is 0. The first-order chi connectivity index (χ1) is 6.98. The topological polar surface area (TPSA) is 27.7 Å². The average molecular weight is 210 g/mol. The van der Waals surface area contributed by atoms with E-state index >= 15 is 0 Å². The third-order valence-electron chi connectivity index (χ3n) is 5.12. The molecule has 4 atom stereocenters. The number of rotatable bonds is 1. The SMILES string of the molecule is COB1O[C@H]2CC3CC(C3(C)C)[C@@]2(C)O1. The van der Waals surface area contributed by atoms with Gasteiger partial charge in [0.05, 0.1) is 11.7 Å². The van der Waals surface area contributed by atoms with Crippen LogP contribution in [-0.2, 0) is 14.0 Å². The fraction of sp³-hybridized carbons (Fsp3) is 1.00. The van der Waals surface area contributed by atoms with E-state index < -0.39 is 7.32 Å². The minimum atomic E-state index is -0.449. The van der Waals surface area contributed by atoms with Crippen molar-refractivity contribution in [2.75, 3.05) is 7.11 Å². The fourth-order valence-corrected chi connectivity index (χ4v) is 3.93. The van der Waals surface area contributed by atoms with E-state index in [9.17, 15) is 0 Å². The summed E-state index contributed by atoms with van der Waals surface area (Å²) in [6.45, 7) is 6.91. The zero-order chi connectivity index (χ0) is 10.8. The van der Waals surface area contributed by atoms with Crippen LogP contribution >= 0.6 is 0 Å². The highest BCUT2D eigenvalue weighted by molar-refractivity contribution is 6.37. The molecule has 0 aromatic rings. The Balaban J connectivity index is 1.89. The maximum absolute atomic E-state index is 5.94. The van der Waals surface area contributed by atoms with Crippen LogP contribution in [0.3, 0.4) is 0 Å². The van der Waals surface area contributed by atoms with Crippen molar-refractivity contribution in [3.63, 3.8) is 0 Å². The fourth-order valence-electron chi connectivity index (χ4n) is 3.93. The lowest BCUT2D eigenvalue weighted by atomic mass is 9.43. The number of hydrogen-bond acceptors (Lipinski definition) is 3. The van der Waals surface area contributed by atoms with Crippen LogP contribution in [0, 0.1) is 17.3 Å².